The zero-order valence-electron chi connectivity index (χ0n) is 14.2. The van der Waals surface area contributed by atoms with Crippen molar-refractivity contribution in [3.63, 3.8) is 0 Å². The Labute approximate surface area is 161 Å². The Balaban J connectivity index is 1.50. The van der Waals surface area contributed by atoms with E-state index in [2.05, 4.69) is 20.6 Å². The zero-order valence-corrected chi connectivity index (χ0v) is 14.9. The summed E-state index contributed by atoms with van der Waals surface area (Å²) in [6, 6.07) is 20.2. The number of amides is 1. The third-order valence-electron chi connectivity index (χ3n) is 4.00. The molecule has 0 aliphatic heterocycles. The van der Waals surface area contributed by atoms with Gasteiger partial charge in [-0.25, -0.2) is 4.98 Å². The molecule has 2 heterocycles. The van der Waals surface area contributed by atoms with Crippen LogP contribution >= 0.6 is 11.6 Å². The Morgan fingerprint density at radius 2 is 1.78 bits per heavy atom. The summed E-state index contributed by atoms with van der Waals surface area (Å²) < 4.78 is 0. The number of aromatic nitrogens is 2. The summed E-state index contributed by atoms with van der Waals surface area (Å²) in [5.74, 6) is 0.200. The molecular weight excluding hydrogens is 360 g/mol. The number of rotatable bonds is 4. The summed E-state index contributed by atoms with van der Waals surface area (Å²) in [5.41, 5.74) is 3.06. The van der Waals surface area contributed by atoms with E-state index < -0.39 is 0 Å². The van der Waals surface area contributed by atoms with Crippen molar-refractivity contribution < 1.29 is 4.79 Å². The van der Waals surface area contributed by atoms with Gasteiger partial charge in [0.1, 0.15) is 5.82 Å². The van der Waals surface area contributed by atoms with Crippen molar-refractivity contribution in [3.8, 4) is 0 Å². The summed E-state index contributed by atoms with van der Waals surface area (Å²) in [4.78, 5) is 21.0. The second-order valence-electron chi connectivity index (χ2n) is 5.90. The molecule has 2 N–H and O–H groups in total. The summed E-state index contributed by atoms with van der Waals surface area (Å²) in [7, 11) is 0. The van der Waals surface area contributed by atoms with Crippen molar-refractivity contribution in [2.45, 2.75) is 0 Å². The summed E-state index contributed by atoms with van der Waals surface area (Å²) in [6.07, 6.45) is 3.43. The van der Waals surface area contributed by atoms with Crippen molar-refractivity contribution >= 4 is 45.6 Å². The van der Waals surface area contributed by atoms with Gasteiger partial charge in [0.2, 0.25) is 0 Å². The van der Waals surface area contributed by atoms with Gasteiger partial charge in [-0.15, -0.1) is 0 Å². The van der Waals surface area contributed by atoms with Crippen molar-refractivity contribution in [1.29, 1.82) is 0 Å². The second kappa shape index (κ2) is 7.43. The topological polar surface area (TPSA) is 66.9 Å². The van der Waals surface area contributed by atoms with E-state index in [4.69, 9.17) is 11.6 Å². The lowest BCUT2D eigenvalue weighted by atomic mass is 10.2. The highest BCUT2D eigenvalue weighted by Gasteiger charge is 2.08. The standard InChI is InChI=1S/C21H15ClN4O/c22-16-7-1-5-15(12-16)21(27)26-19-10-9-17(13-24-19)25-18-8-2-4-14-6-3-11-23-20(14)18/h1-13,25H,(H,24,26,27). The van der Waals surface area contributed by atoms with E-state index in [0.29, 0.717) is 16.4 Å². The third-order valence-corrected chi connectivity index (χ3v) is 4.24. The van der Waals surface area contributed by atoms with E-state index in [-0.39, 0.29) is 5.91 Å². The lowest BCUT2D eigenvalue weighted by Gasteiger charge is -2.10. The van der Waals surface area contributed by atoms with Gasteiger partial charge in [0.15, 0.2) is 0 Å². The van der Waals surface area contributed by atoms with Gasteiger partial charge in [0.05, 0.1) is 23.1 Å². The van der Waals surface area contributed by atoms with Crippen LogP contribution in [0.5, 0.6) is 0 Å². The molecule has 132 valence electrons. The molecule has 0 bridgehead atoms. The summed E-state index contributed by atoms with van der Waals surface area (Å²) in [6.45, 7) is 0. The van der Waals surface area contributed by atoms with Gasteiger partial charge in [0.25, 0.3) is 5.91 Å². The number of halogens is 1. The van der Waals surface area contributed by atoms with E-state index in [1.807, 2.05) is 36.4 Å². The molecule has 0 aliphatic carbocycles. The molecule has 2 aromatic carbocycles. The largest absolute Gasteiger partial charge is 0.352 e. The summed E-state index contributed by atoms with van der Waals surface area (Å²) >= 11 is 5.92. The smallest absolute Gasteiger partial charge is 0.256 e. The quantitative estimate of drug-likeness (QED) is 0.510. The lowest BCUT2D eigenvalue weighted by Crippen LogP contribution is -2.12. The number of para-hydroxylation sites is 1. The number of anilines is 3. The summed E-state index contributed by atoms with van der Waals surface area (Å²) in [5, 5.41) is 7.64. The Kier molecular flexibility index (Phi) is 4.68. The molecule has 0 saturated heterocycles. The molecule has 0 spiro atoms. The van der Waals surface area contributed by atoms with Crippen LogP contribution in [0.15, 0.2) is 79.1 Å². The fraction of sp³-hybridized carbons (Fsp3) is 0. The first kappa shape index (κ1) is 17.0. The number of benzene rings is 2. The van der Waals surface area contributed by atoms with Gasteiger partial charge in [-0.05, 0) is 42.5 Å². The molecule has 0 unspecified atom stereocenters. The molecule has 0 aliphatic rings. The predicted octanol–water partition coefficient (Wildman–Crippen LogP) is 5.28. The van der Waals surface area contributed by atoms with Crippen LogP contribution in [0.3, 0.4) is 0 Å². The van der Waals surface area contributed by atoms with Gasteiger partial charge in [-0.1, -0.05) is 35.9 Å². The van der Waals surface area contributed by atoms with Crippen LogP contribution in [0.25, 0.3) is 10.9 Å². The lowest BCUT2D eigenvalue weighted by molar-refractivity contribution is 0.102. The van der Waals surface area contributed by atoms with E-state index in [0.717, 1.165) is 22.3 Å². The van der Waals surface area contributed by atoms with E-state index in [1.165, 1.54) is 0 Å². The number of carbonyl (C=O) groups is 1. The molecule has 0 saturated carbocycles. The first-order chi connectivity index (χ1) is 13.2. The Bertz CT molecular complexity index is 1110. The Morgan fingerprint density at radius 1 is 0.926 bits per heavy atom. The highest BCUT2D eigenvalue weighted by atomic mass is 35.5. The average Bonchev–Trinajstić information content (AvgIpc) is 2.70. The SMILES string of the molecule is O=C(Nc1ccc(Nc2cccc3cccnc23)cn1)c1cccc(Cl)c1. The zero-order chi connectivity index (χ0) is 18.6. The molecular formula is C21H15ClN4O. The maximum absolute atomic E-state index is 12.3. The van der Waals surface area contributed by atoms with E-state index >= 15 is 0 Å². The average molecular weight is 375 g/mol. The predicted molar refractivity (Wildman–Crippen MR) is 109 cm³/mol. The van der Waals surface area contributed by atoms with Crippen LogP contribution in [-0.2, 0) is 0 Å². The molecule has 27 heavy (non-hydrogen) atoms. The molecule has 4 aromatic rings. The van der Waals surface area contributed by atoms with Gasteiger partial charge in [0, 0.05) is 22.2 Å². The van der Waals surface area contributed by atoms with Crippen LogP contribution in [0.1, 0.15) is 10.4 Å². The molecule has 6 heteroatoms. The monoisotopic (exact) mass is 374 g/mol. The fourth-order valence-corrected chi connectivity index (χ4v) is 2.91. The van der Waals surface area contributed by atoms with Crippen LogP contribution in [0.4, 0.5) is 17.2 Å². The molecule has 0 radical (unpaired) electrons. The number of nitrogens with zero attached hydrogens (tertiary/aromatic N) is 2. The van der Waals surface area contributed by atoms with Gasteiger partial charge < -0.3 is 10.6 Å². The van der Waals surface area contributed by atoms with E-state index in [1.54, 1.807) is 42.7 Å². The highest BCUT2D eigenvalue weighted by molar-refractivity contribution is 6.31. The molecule has 4 rings (SSSR count). The van der Waals surface area contributed by atoms with Gasteiger partial charge in [-0.3, -0.25) is 9.78 Å². The number of hydrogen-bond acceptors (Lipinski definition) is 4. The Hall–Kier alpha value is -3.44. The highest BCUT2D eigenvalue weighted by Crippen LogP contribution is 2.24. The molecule has 0 atom stereocenters. The van der Waals surface area contributed by atoms with Crippen LogP contribution < -0.4 is 10.6 Å². The van der Waals surface area contributed by atoms with Crippen LogP contribution in [-0.4, -0.2) is 15.9 Å². The second-order valence-corrected chi connectivity index (χ2v) is 6.34. The normalized spacial score (nSPS) is 10.6. The number of hydrogen-bond donors (Lipinski definition) is 2. The fourth-order valence-electron chi connectivity index (χ4n) is 2.72. The first-order valence-electron chi connectivity index (χ1n) is 8.33. The number of fused-ring (bicyclic) bond motifs is 1. The third kappa shape index (κ3) is 3.88. The number of pyridine rings is 2. The van der Waals surface area contributed by atoms with Crippen LogP contribution in [0, 0.1) is 0 Å². The molecule has 2 aromatic heterocycles. The minimum Gasteiger partial charge on any atom is -0.352 e. The molecule has 0 fully saturated rings. The molecule has 5 nitrogen and oxygen atoms in total. The number of nitrogens with one attached hydrogen (secondary N) is 2. The van der Waals surface area contributed by atoms with Crippen molar-refractivity contribution in [3.05, 3.63) is 89.7 Å². The van der Waals surface area contributed by atoms with Gasteiger partial charge in [-0.2, -0.15) is 0 Å². The first-order valence-corrected chi connectivity index (χ1v) is 8.70. The Morgan fingerprint density at radius 3 is 2.59 bits per heavy atom. The van der Waals surface area contributed by atoms with Crippen molar-refractivity contribution in [1.82, 2.24) is 9.97 Å². The van der Waals surface area contributed by atoms with E-state index in [9.17, 15) is 4.79 Å². The van der Waals surface area contributed by atoms with Crippen molar-refractivity contribution in [2.75, 3.05) is 10.6 Å². The maximum atomic E-state index is 12.3. The molecule has 1 amide bonds. The van der Waals surface area contributed by atoms with Crippen molar-refractivity contribution in [2.24, 2.45) is 0 Å². The minimum atomic E-state index is -0.260. The number of carbonyl (C=O) groups excluding carboxylic acids is 1. The minimum absolute atomic E-state index is 0.260. The van der Waals surface area contributed by atoms with Gasteiger partial charge >= 0.3 is 0 Å². The maximum Gasteiger partial charge on any atom is 0.256 e. The van der Waals surface area contributed by atoms with Crippen LogP contribution in [0.2, 0.25) is 5.02 Å².